The van der Waals surface area contributed by atoms with E-state index in [9.17, 15) is 18.4 Å². The molecular weight excluding hydrogens is 322 g/mol. The number of carbonyl (C=O) groups excluding carboxylic acids is 2. The molecule has 0 saturated carbocycles. The van der Waals surface area contributed by atoms with Gasteiger partial charge in [-0.05, 0) is 30.5 Å². The molecule has 2 amide bonds. The summed E-state index contributed by atoms with van der Waals surface area (Å²) in [6.07, 6.45) is 1.85. The largest absolute Gasteiger partial charge is 0.343 e. The highest BCUT2D eigenvalue weighted by Gasteiger charge is 2.12. The summed E-state index contributed by atoms with van der Waals surface area (Å²) >= 11 is 1.42. The number of anilines is 1. The van der Waals surface area contributed by atoms with Gasteiger partial charge in [0.1, 0.15) is 0 Å². The molecule has 23 heavy (non-hydrogen) atoms. The smallest absolute Gasteiger partial charge is 0.252 e. The number of hydrogen-bond acceptors (Lipinski definition) is 3. The number of thioether (sulfide) groups is 1. The third-order valence-corrected chi connectivity index (χ3v) is 3.76. The molecule has 0 spiro atoms. The summed E-state index contributed by atoms with van der Waals surface area (Å²) in [4.78, 5) is 24.6. The lowest BCUT2D eigenvalue weighted by Gasteiger charge is -2.09. The lowest BCUT2D eigenvalue weighted by atomic mass is 10.2. The van der Waals surface area contributed by atoms with Gasteiger partial charge in [0.25, 0.3) is 5.91 Å². The van der Waals surface area contributed by atoms with Gasteiger partial charge < -0.3 is 10.6 Å². The van der Waals surface area contributed by atoms with E-state index in [0.717, 1.165) is 17.0 Å². The number of amides is 2. The molecule has 2 aromatic carbocycles. The Hall–Kier alpha value is -2.41. The Bertz CT molecular complexity index is 738. The highest BCUT2D eigenvalue weighted by atomic mass is 32.2. The van der Waals surface area contributed by atoms with Gasteiger partial charge in [0.05, 0.1) is 12.1 Å². The molecular formula is C16H14F2N2O2S. The highest BCUT2D eigenvalue weighted by molar-refractivity contribution is 7.98. The molecule has 2 aromatic rings. The number of carbonyl (C=O) groups is 2. The Labute approximate surface area is 136 Å². The summed E-state index contributed by atoms with van der Waals surface area (Å²) in [6.45, 7) is -0.277. The molecule has 0 atom stereocenters. The molecule has 0 aliphatic rings. The minimum atomic E-state index is -1.05. The van der Waals surface area contributed by atoms with Crippen molar-refractivity contribution in [3.8, 4) is 0 Å². The molecule has 7 heteroatoms. The van der Waals surface area contributed by atoms with Crippen LogP contribution in [-0.4, -0.2) is 24.6 Å². The van der Waals surface area contributed by atoms with E-state index in [0.29, 0.717) is 5.56 Å². The minimum absolute atomic E-state index is 0.118. The summed E-state index contributed by atoms with van der Waals surface area (Å²) in [5.41, 5.74) is 0.591. The van der Waals surface area contributed by atoms with Crippen LogP contribution in [0.15, 0.2) is 47.4 Å². The molecule has 0 aliphatic heterocycles. The maximum Gasteiger partial charge on any atom is 0.252 e. The van der Waals surface area contributed by atoms with Gasteiger partial charge in [0.15, 0.2) is 11.6 Å². The number of nitrogens with one attached hydrogen (secondary N) is 2. The topological polar surface area (TPSA) is 58.2 Å². The van der Waals surface area contributed by atoms with Gasteiger partial charge in [0, 0.05) is 16.6 Å². The molecule has 0 bridgehead atoms. The van der Waals surface area contributed by atoms with Crippen molar-refractivity contribution in [2.24, 2.45) is 0 Å². The zero-order valence-electron chi connectivity index (χ0n) is 12.2. The number of halogens is 2. The average molecular weight is 336 g/mol. The number of hydrogen-bond donors (Lipinski definition) is 2. The molecule has 2 N–H and O–H groups in total. The first-order valence-electron chi connectivity index (χ1n) is 6.67. The Morgan fingerprint density at radius 3 is 2.52 bits per heavy atom. The van der Waals surface area contributed by atoms with E-state index in [2.05, 4.69) is 10.6 Å². The molecule has 0 unspecified atom stereocenters. The lowest BCUT2D eigenvalue weighted by Crippen LogP contribution is -2.33. The number of rotatable bonds is 5. The summed E-state index contributed by atoms with van der Waals surface area (Å²) in [5.74, 6) is -2.97. The maximum absolute atomic E-state index is 13.1. The summed E-state index contributed by atoms with van der Waals surface area (Å²) < 4.78 is 25.9. The zero-order valence-corrected chi connectivity index (χ0v) is 13.0. The predicted octanol–water partition coefficient (Wildman–Crippen LogP) is 3.06. The van der Waals surface area contributed by atoms with Crippen molar-refractivity contribution in [1.29, 1.82) is 0 Å². The van der Waals surface area contributed by atoms with Gasteiger partial charge in [-0.3, -0.25) is 9.59 Å². The van der Waals surface area contributed by atoms with Crippen LogP contribution in [0.5, 0.6) is 0 Å². The van der Waals surface area contributed by atoms with Gasteiger partial charge in [-0.2, -0.15) is 0 Å². The molecule has 4 nitrogen and oxygen atoms in total. The summed E-state index contributed by atoms with van der Waals surface area (Å²) in [6, 6.07) is 10.0. The zero-order chi connectivity index (χ0) is 16.8. The van der Waals surface area contributed by atoms with Crippen LogP contribution in [0.25, 0.3) is 0 Å². The molecule has 0 aliphatic carbocycles. The molecule has 0 radical (unpaired) electrons. The minimum Gasteiger partial charge on any atom is -0.343 e. The molecule has 0 fully saturated rings. The van der Waals surface area contributed by atoms with Crippen LogP contribution in [0, 0.1) is 11.6 Å². The summed E-state index contributed by atoms with van der Waals surface area (Å²) in [7, 11) is 0. The van der Waals surface area contributed by atoms with E-state index in [1.54, 1.807) is 18.2 Å². The third kappa shape index (κ3) is 4.53. The van der Waals surface area contributed by atoms with Crippen molar-refractivity contribution in [3.63, 3.8) is 0 Å². The van der Waals surface area contributed by atoms with Crippen LogP contribution >= 0.6 is 11.8 Å². The molecule has 0 saturated heterocycles. The monoisotopic (exact) mass is 336 g/mol. The molecule has 0 aromatic heterocycles. The predicted molar refractivity (Wildman–Crippen MR) is 85.5 cm³/mol. The van der Waals surface area contributed by atoms with E-state index < -0.39 is 17.5 Å². The maximum atomic E-state index is 13.1. The van der Waals surface area contributed by atoms with Crippen LogP contribution in [0.4, 0.5) is 14.5 Å². The van der Waals surface area contributed by atoms with Crippen molar-refractivity contribution in [2.75, 3.05) is 18.1 Å². The van der Waals surface area contributed by atoms with Crippen molar-refractivity contribution in [2.45, 2.75) is 4.90 Å². The van der Waals surface area contributed by atoms with E-state index in [1.807, 2.05) is 12.3 Å². The fraction of sp³-hybridized carbons (Fsp3) is 0.125. The Kier molecular flexibility index (Phi) is 5.70. The van der Waals surface area contributed by atoms with Crippen LogP contribution < -0.4 is 10.6 Å². The summed E-state index contributed by atoms with van der Waals surface area (Å²) in [5, 5.41) is 4.87. The van der Waals surface area contributed by atoms with Crippen molar-refractivity contribution >= 4 is 29.3 Å². The van der Waals surface area contributed by atoms with Crippen LogP contribution in [0.3, 0.4) is 0 Å². The van der Waals surface area contributed by atoms with Gasteiger partial charge in [-0.25, -0.2) is 8.78 Å². The first-order chi connectivity index (χ1) is 11.0. The second kappa shape index (κ2) is 7.73. The third-order valence-electron chi connectivity index (χ3n) is 2.96. The number of benzene rings is 2. The van der Waals surface area contributed by atoms with Crippen LogP contribution in [-0.2, 0) is 4.79 Å². The Balaban J connectivity index is 1.93. The van der Waals surface area contributed by atoms with Gasteiger partial charge >= 0.3 is 0 Å². The molecule has 0 heterocycles. The van der Waals surface area contributed by atoms with Crippen molar-refractivity contribution in [1.82, 2.24) is 5.32 Å². The second-order valence-corrected chi connectivity index (χ2v) is 5.41. The molecule has 2 rings (SSSR count). The first-order valence-corrected chi connectivity index (χ1v) is 7.90. The van der Waals surface area contributed by atoms with Crippen LogP contribution in [0.1, 0.15) is 10.4 Å². The van der Waals surface area contributed by atoms with Gasteiger partial charge in [-0.1, -0.05) is 12.1 Å². The Morgan fingerprint density at radius 2 is 1.83 bits per heavy atom. The highest BCUT2D eigenvalue weighted by Crippen LogP contribution is 2.19. The van der Waals surface area contributed by atoms with Gasteiger partial charge in [0.2, 0.25) is 5.91 Å². The molecule has 120 valence electrons. The van der Waals surface area contributed by atoms with Crippen molar-refractivity contribution < 1.29 is 18.4 Å². The quantitative estimate of drug-likeness (QED) is 0.825. The standard InChI is InChI=1S/C16H14F2N2O2S/c1-23-14-5-3-2-4-11(14)16(22)19-9-15(21)20-10-6-7-12(17)13(18)8-10/h2-8H,9H2,1H3,(H,19,22)(H,20,21). The normalized spacial score (nSPS) is 10.2. The fourth-order valence-electron chi connectivity index (χ4n) is 1.87. The van der Waals surface area contributed by atoms with E-state index in [-0.39, 0.29) is 18.1 Å². The average Bonchev–Trinajstić information content (AvgIpc) is 2.56. The SMILES string of the molecule is CSc1ccccc1C(=O)NCC(=O)Nc1ccc(F)c(F)c1. The van der Waals surface area contributed by atoms with Crippen LogP contribution in [0.2, 0.25) is 0 Å². The fourth-order valence-corrected chi connectivity index (χ4v) is 2.46. The van der Waals surface area contributed by atoms with Gasteiger partial charge in [-0.15, -0.1) is 11.8 Å². The van der Waals surface area contributed by atoms with E-state index >= 15 is 0 Å². The van der Waals surface area contributed by atoms with E-state index in [4.69, 9.17) is 0 Å². The second-order valence-electron chi connectivity index (χ2n) is 4.56. The lowest BCUT2D eigenvalue weighted by molar-refractivity contribution is -0.115. The first kappa shape index (κ1) is 17.0. The van der Waals surface area contributed by atoms with E-state index in [1.165, 1.54) is 17.8 Å². The van der Waals surface area contributed by atoms with Crippen molar-refractivity contribution in [3.05, 3.63) is 59.7 Å². The Morgan fingerprint density at radius 1 is 1.09 bits per heavy atom.